The summed E-state index contributed by atoms with van der Waals surface area (Å²) in [6, 6.07) is 15.2. The number of nitrogens with one attached hydrogen (secondary N) is 1. The molecule has 0 unspecified atom stereocenters. The van der Waals surface area contributed by atoms with E-state index in [2.05, 4.69) is 5.32 Å². The van der Waals surface area contributed by atoms with Crippen molar-refractivity contribution in [2.24, 2.45) is 0 Å². The summed E-state index contributed by atoms with van der Waals surface area (Å²) in [6.07, 6.45) is -5.71. The number of carbonyl (C=O) groups excluding carboxylic acids is 6. The molecule has 0 spiro atoms. The third kappa shape index (κ3) is 11.9. The predicted octanol–water partition coefficient (Wildman–Crippen LogP) is 4.83. The smallest absolute Gasteiger partial charge is 0.407 e. The largest absolute Gasteiger partial charge is 0.463 e. The Hall–Kier alpha value is -4.63. The van der Waals surface area contributed by atoms with E-state index in [9.17, 15) is 28.8 Å². The Labute approximate surface area is 312 Å². The molecule has 1 amide bonds. The van der Waals surface area contributed by atoms with Crippen LogP contribution in [0.4, 0.5) is 4.79 Å². The van der Waals surface area contributed by atoms with Crippen LogP contribution in [-0.4, -0.2) is 96.4 Å². The number of carbonyl (C=O) groups is 6. The van der Waals surface area contributed by atoms with Gasteiger partial charge in [0.1, 0.15) is 30.4 Å². The predicted molar refractivity (Wildman–Crippen MR) is 191 cm³/mol. The van der Waals surface area contributed by atoms with Crippen LogP contribution >= 0.6 is 11.8 Å². The second-order valence-corrected chi connectivity index (χ2v) is 14.8. The van der Waals surface area contributed by atoms with E-state index < -0.39 is 77.4 Å². The lowest BCUT2D eigenvalue weighted by Crippen LogP contribution is -2.61. The lowest BCUT2D eigenvalue weighted by atomic mass is 9.98. The number of hydrogen-bond acceptors (Lipinski definition) is 14. The molecule has 15 heteroatoms. The number of hydrogen-bond donors (Lipinski definition) is 1. The zero-order chi connectivity index (χ0) is 38.9. The van der Waals surface area contributed by atoms with Crippen molar-refractivity contribution < 1.29 is 61.9 Å². The summed E-state index contributed by atoms with van der Waals surface area (Å²) in [5.74, 6) is -3.45. The van der Waals surface area contributed by atoms with Gasteiger partial charge < -0.3 is 38.5 Å². The molecule has 1 N–H and O–H groups in total. The number of benzene rings is 2. The van der Waals surface area contributed by atoms with Gasteiger partial charge in [0.2, 0.25) is 0 Å². The topological polar surface area (TPSA) is 179 Å². The van der Waals surface area contributed by atoms with E-state index in [1.807, 2.05) is 48.5 Å². The summed E-state index contributed by atoms with van der Waals surface area (Å²) in [4.78, 5) is 74.4. The van der Waals surface area contributed by atoms with Crippen molar-refractivity contribution in [1.29, 1.82) is 0 Å². The molecule has 6 atom stereocenters. The summed E-state index contributed by atoms with van der Waals surface area (Å²) in [5.41, 5.74) is 2.44. The van der Waals surface area contributed by atoms with Crippen molar-refractivity contribution in [2.45, 2.75) is 109 Å². The minimum absolute atomic E-state index is 0.0509. The first kappa shape index (κ1) is 41.1. The van der Waals surface area contributed by atoms with Gasteiger partial charge in [0, 0.05) is 51.8 Å². The Bertz CT molecular complexity index is 1610. The van der Waals surface area contributed by atoms with Crippen LogP contribution in [0.5, 0.6) is 0 Å². The third-order valence-electron chi connectivity index (χ3n) is 8.19. The average molecular weight is 758 g/mol. The highest BCUT2D eigenvalue weighted by atomic mass is 32.2. The zero-order valence-electron chi connectivity index (χ0n) is 30.9. The van der Waals surface area contributed by atoms with E-state index in [-0.39, 0.29) is 37.7 Å². The van der Waals surface area contributed by atoms with Gasteiger partial charge in [-0.1, -0.05) is 48.5 Å². The Morgan fingerprint density at radius 3 is 1.83 bits per heavy atom. The first-order chi connectivity index (χ1) is 25.0. The van der Waals surface area contributed by atoms with Gasteiger partial charge in [0.25, 0.3) is 0 Å². The molecule has 0 bridgehead atoms. The van der Waals surface area contributed by atoms with Crippen LogP contribution < -0.4 is 5.32 Å². The summed E-state index contributed by atoms with van der Waals surface area (Å²) in [6.45, 7) is 9.54. The van der Waals surface area contributed by atoms with Crippen LogP contribution in [0.1, 0.15) is 78.4 Å². The van der Waals surface area contributed by atoms with E-state index in [1.54, 1.807) is 20.8 Å². The van der Waals surface area contributed by atoms with Crippen LogP contribution in [0.25, 0.3) is 11.1 Å². The van der Waals surface area contributed by atoms with Crippen LogP contribution in [0.15, 0.2) is 48.5 Å². The molecule has 53 heavy (non-hydrogen) atoms. The van der Waals surface area contributed by atoms with Crippen molar-refractivity contribution in [3.63, 3.8) is 0 Å². The maximum Gasteiger partial charge on any atom is 0.407 e. The van der Waals surface area contributed by atoms with Gasteiger partial charge in [0.15, 0.2) is 18.3 Å². The van der Waals surface area contributed by atoms with E-state index in [1.165, 1.54) is 6.92 Å². The molecule has 1 saturated heterocycles. The fraction of sp³-hybridized carbons (Fsp3) is 0.526. The summed E-state index contributed by atoms with van der Waals surface area (Å²) >= 11 is 1.08. The number of amides is 1. The Morgan fingerprint density at radius 2 is 1.28 bits per heavy atom. The van der Waals surface area contributed by atoms with Crippen LogP contribution in [-0.2, 0) is 57.1 Å². The number of rotatable bonds is 14. The lowest BCUT2D eigenvalue weighted by Gasteiger charge is -2.44. The molecule has 2 aromatic rings. The number of fused-ring (bicyclic) bond motifs is 3. The van der Waals surface area contributed by atoms with Crippen LogP contribution in [0, 0.1) is 0 Å². The van der Waals surface area contributed by atoms with Crippen molar-refractivity contribution in [2.75, 3.05) is 19.0 Å². The quantitative estimate of drug-likeness (QED) is 0.205. The normalized spacial score (nSPS) is 21.2. The van der Waals surface area contributed by atoms with Crippen LogP contribution in [0.2, 0.25) is 0 Å². The second kappa shape index (κ2) is 18.4. The highest BCUT2D eigenvalue weighted by Gasteiger charge is 2.52. The number of alkyl carbamates (subject to hydrolysis) is 1. The minimum atomic E-state index is -1.34. The summed E-state index contributed by atoms with van der Waals surface area (Å²) in [7, 11) is 0. The molecule has 2 aromatic carbocycles. The molecule has 1 aliphatic heterocycles. The van der Waals surface area contributed by atoms with E-state index >= 15 is 0 Å². The fourth-order valence-corrected chi connectivity index (χ4v) is 7.52. The highest BCUT2D eigenvalue weighted by molar-refractivity contribution is 7.99. The lowest BCUT2D eigenvalue weighted by molar-refractivity contribution is -0.237. The van der Waals surface area contributed by atoms with Gasteiger partial charge in [0.05, 0.1) is 0 Å². The zero-order valence-corrected chi connectivity index (χ0v) is 31.7. The van der Waals surface area contributed by atoms with Gasteiger partial charge in [-0.15, -0.1) is 11.8 Å². The van der Waals surface area contributed by atoms with Gasteiger partial charge in [-0.25, -0.2) is 4.79 Å². The maximum absolute atomic E-state index is 13.4. The monoisotopic (exact) mass is 757 g/mol. The standard InChI is InChI=1S/C38H47NO13S/c1-21(40)46-19-31-33(48-22(2)41)34(49-23(3)42)35(50-24(4)43)36(51-31)53-20-25(16-17-32(44)52-38(5,6)7)39-37(45)47-18-30-28-14-10-8-12-26(28)27-13-9-11-15-29(27)30/h8-15,25,30-31,33-36H,16-20H2,1-7H3,(H,39,45)/t25-,31+,33+,34-,35+,36-/m0/s1. The molecular formula is C38H47NO13S. The van der Waals surface area contributed by atoms with Crippen molar-refractivity contribution in [3.8, 4) is 11.1 Å². The molecule has 14 nitrogen and oxygen atoms in total. The number of ether oxygens (including phenoxy) is 7. The van der Waals surface area contributed by atoms with Crippen molar-refractivity contribution in [1.82, 2.24) is 5.32 Å². The second-order valence-electron chi connectivity index (χ2n) is 13.7. The molecule has 2 aliphatic rings. The molecular weight excluding hydrogens is 710 g/mol. The van der Waals surface area contributed by atoms with Gasteiger partial charge in [-0.05, 0) is 49.4 Å². The van der Waals surface area contributed by atoms with E-state index in [4.69, 9.17) is 33.2 Å². The molecule has 1 aliphatic carbocycles. The minimum Gasteiger partial charge on any atom is -0.463 e. The molecule has 0 aromatic heterocycles. The average Bonchev–Trinajstić information content (AvgIpc) is 3.38. The molecule has 4 rings (SSSR count). The Morgan fingerprint density at radius 1 is 0.736 bits per heavy atom. The molecule has 1 fully saturated rings. The highest BCUT2D eigenvalue weighted by Crippen LogP contribution is 2.44. The Kier molecular flexibility index (Phi) is 14.3. The van der Waals surface area contributed by atoms with Crippen molar-refractivity contribution in [3.05, 3.63) is 59.7 Å². The number of esters is 5. The van der Waals surface area contributed by atoms with E-state index in [0.29, 0.717) is 0 Å². The van der Waals surface area contributed by atoms with E-state index in [0.717, 1.165) is 54.8 Å². The Balaban J connectivity index is 1.54. The van der Waals surface area contributed by atoms with Gasteiger partial charge in [-0.3, -0.25) is 24.0 Å². The van der Waals surface area contributed by atoms with Crippen molar-refractivity contribution >= 4 is 47.7 Å². The summed E-state index contributed by atoms with van der Waals surface area (Å²) < 4.78 is 39.2. The first-order valence-corrected chi connectivity index (χ1v) is 18.3. The fourth-order valence-electron chi connectivity index (χ4n) is 6.22. The third-order valence-corrected chi connectivity index (χ3v) is 9.50. The van der Waals surface area contributed by atoms with Crippen LogP contribution in [0.3, 0.4) is 0 Å². The molecule has 0 saturated carbocycles. The SMILES string of the molecule is CC(=O)OC[C@H]1O[C@@H](SC[C@H](CCC(=O)OC(C)(C)C)NC(=O)OCC2c3ccccc3-c3ccccc32)[C@H](OC(C)=O)[C@@H](OC(C)=O)[C@@H]1OC(C)=O. The molecule has 1 heterocycles. The van der Waals surface area contributed by atoms with Gasteiger partial charge in [-0.2, -0.15) is 0 Å². The maximum atomic E-state index is 13.4. The van der Waals surface area contributed by atoms with Gasteiger partial charge >= 0.3 is 35.9 Å². The number of thioether (sulfide) groups is 1. The summed E-state index contributed by atoms with van der Waals surface area (Å²) in [5, 5.41) is 2.85. The molecule has 0 radical (unpaired) electrons. The first-order valence-electron chi connectivity index (χ1n) is 17.3. The molecule has 288 valence electrons.